The number of likely N-dealkylation sites (tertiary alicyclic amines) is 1. The number of hydrogen-bond donors (Lipinski definition) is 1. The van der Waals surface area contributed by atoms with Crippen molar-refractivity contribution < 1.29 is 9.53 Å². The molecule has 2 aliphatic rings. The zero-order valence-electron chi connectivity index (χ0n) is 8.66. The SMILES string of the molecule is CN1CCC(NC(=O)C2CCCO2)C1. The molecule has 2 heterocycles. The van der Waals surface area contributed by atoms with Gasteiger partial charge in [-0.1, -0.05) is 0 Å². The lowest BCUT2D eigenvalue weighted by atomic mass is 10.2. The highest BCUT2D eigenvalue weighted by Gasteiger charge is 2.27. The highest BCUT2D eigenvalue weighted by molar-refractivity contribution is 5.81. The van der Waals surface area contributed by atoms with Crippen molar-refractivity contribution in [3.63, 3.8) is 0 Å². The van der Waals surface area contributed by atoms with Crippen LogP contribution in [-0.2, 0) is 9.53 Å². The maximum absolute atomic E-state index is 11.7. The number of likely N-dealkylation sites (N-methyl/N-ethyl adjacent to an activating group) is 1. The van der Waals surface area contributed by atoms with Crippen LogP contribution in [0.5, 0.6) is 0 Å². The van der Waals surface area contributed by atoms with Crippen LogP contribution in [0, 0.1) is 0 Å². The molecule has 0 aromatic heterocycles. The van der Waals surface area contributed by atoms with Gasteiger partial charge in [0.15, 0.2) is 0 Å². The Bertz CT molecular complexity index is 214. The number of ether oxygens (including phenoxy) is 1. The van der Waals surface area contributed by atoms with E-state index in [0.29, 0.717) is 6.04 Å². The first-order valence-corrected chi connectivity index (χ1v) is 5.36. The normalized spacial score (nSPS) is 33.5. The largest absolute Gasteiger partial charge is 0.368 e. The van der Waals surface area contributed by atoms with Crippen molar-refractivity contribution in [3.05, 3.63) is 0 Å². The third-order valence-corrected chi connectivity index (χ3v) is 2.96. The van der Waals surface area contributed by atoms with E-state index in [1.165, 1.54) is 0 Å². The molecule has 2 fully saturated rings. The van der Waals surface area contributed by atoms with Crippen molar-refractivity contribution in [1.29, 1.82) is 0 Å². The second-order valence-corrected chi connectivity index (χ2v) is 4.26. The quantitative estimate of drug-likeness (QED) is 0.678. The van der Waals surface area contributed by atoms with Crippen molar-refractivity contribution in [3.8, 4) is 0 Å². The Morgan fingerprint density at radius 3 is 2.93 bits per heavy atom. The van der Waals surface area contributed by atoms with Gasteiger partial charge in [0.2, 0.25) is 5.91 Å². The number of carbonyl (C=O) groups excluding carboxylic acids is 1. The second-order valence-electron chi connectivity index (χ2n) is 4.26. The summed E-state index contributed by atoms with van der Waals surface area (Å²) in [6.07, 6.45) is 2.78. The van der Waals surface area contributed by atoms with E-state index in [1.807, 2.05) is 0 Å². The van der Waals surface area contributed by atoms with Crippen molar-refractivity contribution in [1.82, 2.24) is 10.2 Å². The predicted octanol–water partition coefficient (Wildman–Crippen LogP) is -0.0143. The Labute approximate surface area is 84.6 Å². The number of nitrogens with one attached hydrogen (secondary N) is 1. The third-order valence-electron chi connectivity index (χ3n) is 2.96. The molecule has 2 rings (SSSR count). The summed E-state index contributed by atoms with van der Waals surface area (Å²) in [5.41, 5.74) is 0. The maximum Gasteiger partial charge on any atom is 0.249 e. The van der Waals surface area contributed by atoms with Gasteiger partial charge in [-0.25, -0.2) is 0 Å². The highest BCUT2D eigenvalue weighted by Crippen LogP contribution is 2.13. The van der Waals surface area contributed by atoms with Crippen molar-refractivity contribution in [2.45, 2.75) is 31.4 Å². The van der Waals surface area contributed by atoms with Crippen LogP contribution in [0.15, 0.2) is 0 Å². The summed E-state index contributed by atoms with van der Waals surface area (Å²) in [5.74, 6) is 0.0859. The molecule has 1 amide bonds. The topological polar surface area (TPSA) is 41.6 Å². The van der Waals surface area contributed by atoms with E-state index in [0.717, 1.165) is 39.0 Å². The molecule has 0 bridgehead atoms. The van der Waals surface area contributed by atoms with E-state index in [-0.39, 0.29) is 12.0 Å². The Kier molecular flexibility index (Phi) is 3.03. The molecule has 1 N–H and O–H groups in total. The molecule has 2 saturated heterocycles. The fourth-order valence-electron chi connectivity index (χ4n) is 2.13. The predicted molar refractivity (Wildman–Crippen MR) is 53.0 cm³/mol. The highest BCUT2D eigenvalue weighted by atomic mass is 16.5. The molecule has 4 nitrogen and oxygen atoms in total. The molecule has 2 aliphatic heterocycles. The van der Waals surface area contributed by atoms with Crippen LogP contribution in [0.3, 0.4) is 0 Å². The smallest absolute Gasteiger partial charge is 0.249 e. The molecule has 0 saturated carbocycles. The molecule has 14 heavy (non-hydrogen) atoms. The van der Waals surface area contributed by atoms with E-state index in [1.54, 1.807) is 0 Å². The summed E-state index contributed by atoms with van der Waals surface area (Å²) < 4.78 is 5.33. The Morgan fingerprint density at radius 2 is 2.36 bits per heavy atom. The first-order valence-electron chi connectivity index (χ1n) is 5.36. The number of rotatable bonds is 2. The number of nitrogens with zero attached hydrogens (tertiary/aromatic N) is 1. The van der Waals surface area contributed by atoms with Gasteiger partial charge < -0.3 is 15.0 Å². The van der Waals surface area contributed by atoms with Gasteiger partial charge in [0, 0.05) is 19.2 Å². The first kappa shape index (κ1) is 9.93. The van der Waals surface area contributed by atoms with E-state index in [9.17, 15) is 4.79 Å². The van der Waals surface area contributed by atoms with Crippen molar-refractivity contribution in [2.24, 2.45) is 0 Å². The van der Waals surface area contributed by atoms with Gasteiger partial charge >= 0.3 is 0 Å². The molecular weight excluding hydrogens is 180 g/mol. The fraction of sp³-hybridized carbons (Fsp3) is 0.900. The van der Waals surface area contributed by atoms with Gasteiger partial charge in [0.1, 0.15) is 6.10 Å². The molecule has 2 unspecified atom stereocenters. The molecule has 4 heteroatoms. The maximum atomic E-state index is 11.7. The van der Waals surface area contributed by atoms with Gasteiger partial charge in [-0.3, -0.25) is 4.79 Å². The van der Waals surface area contributed by atoms with Crippen LogP contribution in [0.1, 0.15) is 19.3 Å². The van der Waals surface area contributed by atoms with Gasteiger partial charge in [0.05, 0.1) is 0 Å². The van der Waals surface area contributed by atoms with Gasteiger partial charge in [-0.15, -0.1) is 0 Å². The van der Waals surface area contributed by atoms with Gasteiger partial charge in [-0.05, 0) is 32.9 Å². The minimum absolute atomic E-state index is 0.0859. The van der Waals surface area contributed by atoms with Crippen LogP contribution < -0.4 is 5.32 Å². The van der Waals surface area contributed by atoms with E-state index >= 15 is 0 Å². The number of carbonyl (C=O) groups is 1. The van der Waals surface area contributed by atoms with E-state index in [2.05, 4.69) is 17.3 Å². The third kappa shape index (κ3) is 2.25. The minimum atomic E-state index is -0.180. The zero-order chi connectivity index (χ0) is 9.97. The molecule has 80 valence electrons. The molecule has 2 atom stereocenters. The number of amides is 1. The number of hydrogen-bond acceptors (Lipinski definition) is 3. The standard InChI is InChI=1S/C10H18N2O2/c1-12-5-4-8(7-12)11-10(13)9-3-2-6-14-9/h8-9H,2-7H2,1H3,(H,11,13). The van der Waals surface area contributed by atoms with Crippen LogP contribution >= 0.6 is 0 Å². The van der Waals surface area contributed by atoms with Crippen LogP contribution in [0.2, 0.25) is 0 Å². The van der Waals surface area contributed by atoms with Gasteiger partial charge in [-0.2, -0.15) is 0 Å². The summed E-state index contributed by atoms with van der Waals surface area (Å²) in [5, 5.41) is 3.05. The van der Waals surface area contributed by atoms with Crippen LogP contribution in [-0.4, -0.2) is 49.7 Å². The molecule has 0 aliphatic carbocycles. The summed E-state index contributed by atoms with van der Waals surface area (Å²) in [6.45, 7) is 2.79. The molecule has 0 aromatic rings. The molecule has 0 radical (unpaired) electrons. The van der Waals surface area contributed by atoms with Crippen molar-refractivity contribution >= 4 is 5.91 Å². The average molecular weight is 198 g/mol. The lowest BCUT2D eigenvalue weighted by Gasteiger charge is -2.15. The Balaban J connectivity index is 1.76. The Morgan fingerprint density at radius 1 is 1.50 bits per heavy atom. The lowest BCUT2D eigenvalue weighted by Crippen LogP contribution is -2.42. The summed E-state index contributed by atoms with van der Waals surface area (Å²) in [6, 6.07) is 0.330. The van der Waals surface area contributed by atoms with Crippen LogP contribution in [0.4, 0.5) is 0 Å². The average Bonchev–Trinajstić information content (AvgIpc) is 2.75. The van der Waals surface area contributed by atoms with Gasteiger partial charge in [0.25, 0.3) is 0 Å². The van der Waals surface area contributed by atoms with E-state index in [4.69, 9.17) is 4.74 Å². The van der Waals surface area contributed by atoms with Crippen LogP contribution in [0.25, 0.3) is 0 Å². The first-order chi connectivity index (χ1) is 6.75. The molecular formula is C10H18N2O2. The molecule has 0 aromatic carbocycles. The van der Waals surface area contributed by atoms with E-state index < -0.39 is 0 Å². The minimum Gasteiger partial charge on any atom is -0.368 e. The monoisotopic (exact) mass is 198 g/mol. The lowest BCUT2D eigenvalue weighted by molar-refractivity contribution is -0.130. The van der Waals surface area contributed by atoms with Crippen molar-refractivity contribution in [2.75, 3.05) is 26.7 Å². The summed E-state index contributed by atoms with van der Waals surface area (Å²) in [4.78, 5) is 13.9. The summed E-state index contributed by atoms with van der Waals surface area (Å²) >= 11 is 0. The zero-order valence-corrected chi connectivity index (χ0v) is 8.66. The fourth-order valence-corrected chi connectivity index (χ4v) is 2.13. The second kappa shape index (κ2) is 4.28. The summed E-state index contributed by atoms with van der Waals surface area (Å²) in [7, 11) is 2.08. The molecule has 0 spiro atoms. The Hall–Kier alpha value is -0.610.